The number of thioether (sulfide) groups is 1. The Labute approximate surface area is 148 Å². The Morgan fingerprint density at radius 2 is 2.00 bits per heavy atom. The van der Waals surface area contributed by atoms with Crippen LogP contribution < -0.4 is 5.32 Å². The van der Waals surface area contributed by atoms with Gasteiger partial charge in [-0.25, -0.2) is 0 Å². The van der Waals surface area contributed by atoms with E-state index in [9.17, 15) is 18.0 Å². The number of aromatic nitrogens is 2. The molecular weight excluding hydrogens is 375 g/mol. The van der Waals surface area contributed by atoms with Crippen molar-refractivity contribution in [3.63, 3.8) is 0 Å². The lowest BCUT2D eigenvalue weighted by molar-refractivity contribution is -0.138. The van der Waals surface area contributed by atoms with Crippen LogP contribution in [0.3, 0.4) is 0 Å². The molecule has 25 heavy (non-hydrogen) atoms. The van der Waals surface area contributed by atoms with Gasteiger partial charge in [0, 0.05) is 5.75 Å². The topological polar surface area (TPSA) is 68.0 Å². The van der Waals surface area contributed by atoms with Crippen LogP contribution in [0.25, 0.3) is 0 Å². The van der Waals surface area contributed by atoms with E-state index in [0.717, 1.165) is 29.2 Å². The lowest BCUT2D eigenvalue weighted by Crippen LogP contribution is -2.10. The average Bonchev–Trinajstić information content (AvgIpc) is 3.24. The summed E-state index contributed by atoms with van der Waals surface area (Å²) in [5.41, 5.74) is -0.505. The summed E-state index contributed by atoms with van der Waals surface area (Å²) in [6.07, 6.45) is -3.03. The number of anilines is 1. The molecule has 3 rings (SSSR count). The number of alkyl halides is 3. The number of furan rings is 1. The molecule has 0 saturated carbocycles. The third-order valence-corrected chi connectivity index (χ3v) is 5.07. The number of hydrogen-bond acceptors (Lipinski definition) is 6. The fourth-order valence-corrected chi connectivity index (χ4v) is 3.70. The fraction of sp³-hybridized carbons (Fsp3) is 0.133. The number of halogens is 3. The Balaban J connectivity index is 1.64. The minimum absolute atomic E-state index is 0.0937. The molecule has 0 spiro atoms. The van der Waals surface area contributed by atoms with Crippen molar-refractivity contribution in [2.75, 3.05) is 5.32 Å². The van der Waals surface area contributed by atoms with E-state index in [0.29, 0.717) is 4.34 Å². The summed E-state index contributed by atoms with van der Waals surface area (Å²) in [4.78, 5) is 11.8. The molecule has 0 fully saturated rings. The number of nitrogens with one attached hydrogen (secondary N) is 1. The van der Waals surface area contributed by atoms with Crippen molar-refractivity contribution in [3.8, 4) is 0 Å². The zero-order chi connectivity index (χ0) is 17.9. The molecule has 1 aromatic carbocycles. The summed E-state index contributed by atoms with van der Waals surface area (Å²) in [6, 6.07) is 8.46. The van der Waals surface area contributed by atoms with Gasteiger partial charge in [-0.3, -0.25) is 10.1 Å². The molecule has 10 heteroatoms. The van der Waals surface area contributed by atoms with Crippen molar-refractivity contribution in [2.24, 2.45) is 0 Å². The van der Waals surface area contributed by atoms with Gasteiger partial charge >= 0.3 is 6.18 Å². The van der Waals surface area contributed by atoms with Gasteiger partial charge in [-0.1, -0.05) is 41.3 Å². The zero-order valence-electron chi connectivity index (χ0n) is 12.4. The molecule has 0 radical (unpaired) electrons. The van der Waals surface area contributed by atoms with E-state index in [1.165, 1.54) is 24.5 Å². The molecule has 0 aliphatic rings. The summed E-state index contributed by atoms with van der Waals surface area (Å²) < 4.78 is 44.3. The van der Waals surface area contributed by atoms with Gasteiger partial charge in [-0.15, -0.1) is 10.2 Å². The first-order chi connectivity index (χ1) is 11.9. The third-order valence-electron chi connectivity index (χ3n) is 3.05. The normalized spacial score (nSPS) is 11.5. The summed E-state index contributed by atoms with van der Waals surface area (Å²) in [7, 11) is 0. The summed E-state index contributed by atoms with van der Waals surface area (Å²) in [5.74, 6) is -0.250. The van der Waals surface area contributed by atoms with E-state index in [1.54, 1.807) is 12.1 Å². The zero-order valence-corrected chi connectivity index (χ0v) is 14.0. The van der Waals surface area contributed by atoms with Crippen molar-refractivity contribution in [3.05, 3.63) is 59.5 Å². The van der Waals surface area contributed by atoms with Gasteiger partial charge in [0.05, 0.1) is 11.8 Å². The Morgan fingerprint density at radius 1 is 1.20 bits per heavy atom. The molecule has 0 saturated heterocycles. The number of hydrogen-bond donors (Lipinski definition) is 1. The van der Waals surface area contributed by atoms with Crippen LogP contribution in [0.2, 0.25) is 0 Å². The summed E-state index contributed by atoms with van der Waals surface area (Å²) >= 11 is 2.20. The first kappa shape index (κ1) is 17.5. The molecular formula is C15H10F3N3O2S2. The van der Waals surface area contributed by atoms with E-state index in [1.807, 2.05) is 0 Å². The highest BCUT2D eigenvalue weighted by Gasteiger charge is 2.32. The summed E-state index contributed by atoms with van der Waals surface area (Å²) in [6.45, 7) is 0. The first-order valence-corrected chi connectivity index (χ1v) is 8.70. The Bertz CT molecular complexity index is 863. The van der Waals surface area contributed by atoms with Crippen LogP contribution >= 0.6 is 23.1 Å². The molecule has 130 valence electrons. The first-order valence-electron chi connectivity index (χ1n) is 6.90. The molecule has 0 aliphatic heterocycles. The highest BCUT2D eigenvalue weighted by molar-refractivity contribution is 8.00. The molecule has 0 atom stereocenters. The minimum Gasteiger partial charge on any atom is -0.459 e. The predicted molar refractivity (Wildman–Crippen MR) is 87.6 cm³/mol. The number of carbonyl (C=O) groups is 1. The van der Waals surface area contributed by atoms with Gasteiger partial charge in [0.25, 0.3) is 5.91 Å². The van der Waals surface area contributed by atoms with Crippen LogP contribution in [-0.2, 0) is 11.9 Å². The third kappa shape index (κ3) is 4.40. The van der Waals surface area contributed by atoms with Gasteiger partial charge in [-0.05, 0) is 23.8 Å². The van der Waals surface area contributed by atoms with E-state index in [-0.39, 0.29) is 22.2 Å². The monoisotopic (exact) mass is 385 g/mol. The largest absolute Gasteiger partial charge is 0.459 e. The molecule has 0 bridgehead atoms. The van der Waals surface area contributed by atoms with Crippen LogP contribution in [0.5, 0.6) is 0 Å². The van der Waals surface area contributed by atoms with Crippen molar-refractivity contribution in [1.29, 1.82) is 0 Å². The quantitative estimate of drug-likeness (QED) is 0.510. The molecule has 1 N–H and O–H groups in total. The van der Waals surface area contributed by atoms with E-state index in [4.69, 9.17) is 4.42 Å². The van der Waals surface area contributed by atoms with Gasteiger partial charge in [0.2, 0.25) is 5.13 Å². The lowest BCUT2D eigenvalue weighted by atomic mass is 10.1. The van der Waals surface area contributed by atoms with E-state index in [2.05, 4.69) is 15.5 Å². The van der Waals surface area contributed by atoms with Crippen LogP contribution in [-0.4, -0.2) is 16.1 Å². The SMILES string of the molecule is O=C(Nc1nnc(SCc2ccccc2C(F)(F)F)s1)c1ccco1. The highest BCUT2D eigenvalue weighted by Crippen LogP contribution is 2.35. The second-order valence-corrected chi connectivity index (χ2v) is 6.95. The second-order valence-electron chi connectivity index (χ2n) is 4.75. The molecule has 1 amide bonds. The average molecular weight is 385 g/mol. The molecule has 3 aromatic rings. The van der Waals surface area contributed by atoms with Crippen molar-refractivity contribution < 1.29 is 22.4 Å². The minimum atomic E-state index is -4.40. The molecule has 2 heterocycles. The van der Waals surface area contributed by atoms with Crippen molar-refractivity contribution >= 4 is 34.1 Å². The van der Waals surface area contributed by atoms with Gasteiger partial charge < -0.3 is 4.42 Å². The number of carbonyl (C=O) groups excluding carboxylic acids is 1. The Hall–Kier alpha value is -2.33. The smallest absolute Gasteiger partial charge is 0.416 e. The van der Waals surface area contributed by atoms with Crippen molar-refractivity contribution in [2.45, 2.75) is 16.3 Å². The fourth-order valence-electron chi connectivity index (χ4n) is 1.95. The molecule has 0 unspecified atom stereocenters. The highest BCUT2D eigenvalue weighted by atomic mass is 32.2. The predicted octanol–water partition coefficient (Wildman–Crippen LogP) is 4.69. The van der Waals surface area contributed by atoms with Gasteiger partial charge in [0.15, 0.2) is 10.1 Å². The van der Waals surface area contributed by atoms with Gasteiger partial charge in [0.1, 0.15) is 0 Å². The maximum absolute atomic E-state index is 13.0. The summed E-state index contributed by atoms with van der Waals surface area (Å²) in [5, 5.41) is 10.4. The number of rotatable bonds is 5. The van der Waals surface area contributed by atoms with E-state index < -0.39 is 17.6 Å². The number of amides is 1. The van der Waals surface area contributed by atoms with Crippen LogP contribution in [0, 0.1) is 0 Å². The number of nitrogens with zero attached hydrogens (tertiary/aromatic N) is 2. The Morgan fingerprint density at radius 3 is 2.72 bits per heavy atom. The molecule has 0 aliphatic carbocycles. The van der Waals surface area contributed by atoms with Crippen LogP contribution in [0.4, 0.5) is 18.3 Å². The number of benzene rings is 1. The van der Waals surface area contributed by atoms with E-state index >= 15 is 0 Å². The standard InChI is InChI=1S/C15H10F3N3O2S2/c16-15(17,18)10-5-2-1-4-9(10)8-24-14-21-20-13(25-14)19-12(22)11-6-3-7-23-11/h1-7H,8H2,(H,19,20,22). The molecule has 5 nitrogen and oxygen atoms in total. The van der Waals surface area contributed by atoms with Gasteiger partial charge in [-0.2, -0.15) is 13.2 Å². The maximum atomic E-state index is 13.0. The lowest BCUT2D eigenvalue weighted by Gasteiger charge is -2.11. The van der Waals surface area contributed by atoms with Crippen LogP contribution in [0.15, 0.2) is 51.4 Å². The Kier molecular flexibility index (Phi) is 5.09. The maximum Gasteiger partial charge on any atom is 0.416 e. The van der Waals surface area contributed by atoms with Crippen LogP contribution in [0.1, 0.15) is 21.7 Å². The van der Waals surface area contributed by atoms with Crippen molar-refractivity contribution in [1.82, 2.24) is 10.2 Å². The molecule has 2 aromatic heterocycles. The second kappa shape index (κ2) is 7.28.